The van der Waals surface area contributed by atoms with Gasteiger partial charge in [0, 0.05) is 0 Å². The maximum Gasteiger partial charge on any atom is 0.293 e. The zero-order chi connectivity index (χ0) is 21.3. The van der Waals surface area contributed by atoms with Crippen molar-refractivity contribution in [2.24, 2.45) is 20.5 Å². The third-order valence-electron chi connectivity index (χ3n) is 4.13. The van der Waals surface area contributed by atoms with E-state index in [1.165, 1.54) is 0 Å². The summed E-state index contributed by atoms with van der Waals surface area (Å²) in [5.41, 5.74) is 1.95. The third-order valence-corrected chi connectivity index (χ3v) is 5.04. The van der Waals surface area contributed by atoms with Gasteiger partial charge >= 0.3 is 0 Å². The van der Waals surface area contributed by atoms with Gasteiger partial charge in [0.1, 0.15) is 0 Å². The van der Waals surface area contributed by atoms with E-state index in [9.17, 15) is 15.0 Å². The van der Waals surface area contributed by atoms with E-state index in [1.807, 2.05) is 38.1 Å². The van der Waals surface area contributed by atoms with Gasteiger partial charge in [0.2, 0.25) is 27.4 Å². The van der Waals surface area contributed by atoms with Crippen molar-refractivity contribution < 1.29 is 10.2 Å². The van der Waals surface area contributed by atoms with E-state index < -0.39 is 17.3 Å². The summed E-state index contributed by atoms with van der Waals surface area (Å²) in [4.78, 5) is 16.8. The van der Waals surface area contributed by atoms with E-state index in [0.717, 1.165) is 26.9 Å². The number of benzene rings is 2. The van der Waals surface area contributed by atoms with Crippen LogP contribution in [0.2, 0.25) is 0 Å². The summed E-state index contributed by atoms with van der Waals surface area (Å²) >= 11 is 0.910. The van der Waals surface area contributed by atoms with Crippen molar-refractivity contribution in [3.05, 3.63) is 70.0 Å². The molecule has 0 unspecified atom stereocenters. The number of hydrogen-bond donors (Lipinski definition) is 2. The lowest BCUT2D eigenvalue weighted by Gasteiger charge is -1.99. The molecule has 2 aromatic carbocycles. The van der Waals surface area contributed by atoms with Crippen LogP contribution in [0.1, 0.15) is 11.1 Å². The van der Waals surface area contributed by atoms with Gasteiger partial charge in [-0.3, -0.25) is 4.79 Å². The van der Waals surface area contributed by atoms with Crippen molar-refractivity contribution in [2.75, 3.05) is 0 Å². The van der Waals surface area contributed by atoms with Crippen LogP contribution in [0.25, 0.3) is 4.96 Å². The van der Waals surface area contributed by atoms with E-state index in [2.05, 4.69) is 25.4 Å². The summed E-state index contributed by atoms with van der Waals surface area (Å²) in [7, 11) is 0. The molecule has 0 aliphatic heterocycles. The first-order valence-electron chi connectivity index (χ1n) is 8.86. The summed E-state index contributed by atoms with van der Waals surface area (Å²) in [6.07, 6.45) is 0. The Balaban J connectivity index is 1.75. The van der Waals surface area contributed by atoms with Crippen LogP contribution >= 0.6 is 11.3 Å². The van der Waals surface area contributed by atoms with Crippen LogP contribution in [0.4, 0.5) is 22.1 Å². The van der Waals surface area contributed by atoms with Crippen molar-refractivity contribution in [3.63, 3.8) is 0 Å². The SMILES string of the molecule is Cc1cccc(N=Nc2sc3nc(O)c(N=Nc4cccc(C)c4)c(=O)n3c2O)c1. The maximum absolute atomic E-state index is 12.8. The predicted octanol–water partition coefficient (Wildman–Crippen LogP) is 5.61. The van der Waals surface area contributed by atoms with Crippen LogP contribution in [0.3, 0.4) is 0 Å². The average Bonchev–Trinajstić information content (AvgIpc) is 3.01. The number of nitrogens with zero attached hydrogens (tertiary/aromatic N) is 6. The molecule has 0 atom stereocenters. The highest BCUT2D eigenvalue weighted by Crippen LogP contribution is 2.38. The fraction of sp³-hybridized carbons (Fsp3) is 0.100. The number of aromatic hydroxyl groups is 2. The van der Waals surface area contributed by atoms with E-state index in [0.29, 0.717) is 11.4 Å². The molecule has 0 radical (unpaired) electrons. The Morgan fingerprint density at radius 2 is 1.50 bits per heavy atom. The largest absolute Gasteiger partial charge is 0.492 e. The molecule has 0 saturated carbocycles. The highest BCUT2D eigenvalue weighted by molar-refractivity contribution is 7.20. The Labute approximate surface area is 174 Å². The molecule has 0 aliphatic carbocycles. The first kappa shape index (κ1) is 19.4. The molecule has 0 amide bonds. The molecule has 0 aliphatic rings. The van der Waals surface area contributed by atoms with E-state index >= 15 is 0 Å². The number of azo groups is 2. The number of aromatic nitrogens is 2. The fourth-order valence-electron chi connectivity index (χ4n) is 2.71. The fourth-order valence-corrected chi connectivity index (χ4v) is 3.54. The number of thiazole rings is 1. The second kappa shape index (κ2) is 7.84. The van der Waals surface area contributed by atoms with Crippen LogP contribution in [0.5, 0.6) is 11.8 Å². The molecule has 10 heteroatoms. The molecule has 2 aromatic heterocycles. The lowest BCUT2D eigenvalue weighted by molar-refractivity contribution is 0.440. The Kier molecular flexibility index (Phi) is 5.07. The van der Waals surface area contributed by atoms with Gasteiger partial charge in [-0.1, -0.05) is 35.6 Å². The number of hydrogen-bond acceptors (Lipinski definition) is 9. The number of aryl methyl sites for hydroxylation is 2. The Morgan fingerprint density at radius 3 is 2.10 bits per heavy atom. The van der Waals surface area contributed by atoms with E-state index in [1.54, 1.807) is 24.3 Å². The molecule has 0 saturated heterocycles. The third kappa shape index (κ3) is 3.80. The zero-order valence-corrected chi connectivity index (χ0v) is 16.8. The van der Waals surface area contributed by atoms with Crippen LogP contribution in [-0.4, -0.2) is 19.6 Å². The first-order chi connectivity index (χ1) is 14.4. The van der Waals surface area contributed by atoms with Gasteiger partial charge in [0.15, 0.2) is 0 Å². The molecule has 0 spiro atoms. The minimum atomic E-state index is -0.764. The summed E-state index contributed by atoms with van der Waals surface area (Å²) in [6, 6.07) is 14.5. The molecule has 2 heterocycles. The molecule has 4 aromatic rings. The standard InChI is InChI=1S/C20H16N6O3S/c1-11-5-3-7-13(9-11)22-24-15-16(27)21-20-26(18(15)28)19(29)17(30-20)25-23-14-8-4-6-12(2)10-14/h3-10,27,29H,1-2H3. The lowest BCUT2D eigenvalue weighted by Crippen LogP contribution is -2.12. The highest BCUT2D eigenvalue weighted by Gasteiger charge is 2.20. The topological polar surface area (TPSA) is 124 Å². The molecular weight excluding hydrogens is 404 g/mol. The van der Waals surface area contributed by atoms with E-state index in [-0.39, 0.29) is 15.6 Å². The van der Waals surface area contributed by atoms with Gasteiger partial charge < -0.3 is 10.2 Å². The van der Waals surface area contributed by atoms with Crippen LogP contribution in [0.15, 0.2) is 73.8 Å². The average molecular weight is 420 g/mol. The second-order valence-corrected chi connectivity index (χ2v) is 7.47. The molecule has 2 N–H and O–H groups in total. The zero-order valence-electron chi connectivity index (χ0n) is 16.0. The van der Waals surface area contributed by atoms with Crippen molar-refractivity contribution in [3.8, 4) is 11.8 Å². The molecule has 4 rings (SSSR count). The van der Waals surface area contributed by atoms with Crippen LogP contribution in [0, 0.1) is 13.8 Å². The molecule has 9 nitrogen and oxygen atoms in total. The van der Waals surface area contributed by atoms with Gasteiger partial charge in [-0.2, -0.15) is 10.1 Å². The van der Waals surface area contributed by atoms with E-state index in [4.69, 9.17) is 0 Å². The maximum atomic E-state index is 12.8. The normalized spacial score (nSPS) is 11.8. The Bertz CT molecular complexity index is 1370. The Hall–Kier alpha value is -3.92. The molecule has 150 valence electrons. The summed E-state index contributed by atoms with van der Waals surface area (Å²) in [6.45, 7) is 3.82. The van der Waals surface area contributed by atoms with Crippen LogP contribution < -0.4 is 5.56 Å². The van der Waals surface area contributed by atoms with Crippen molar-refractivity contribution in [1.82, 2.24) is 9.38 Å². The lowest BCUT2D eigenvalue weighted by atomic mass is 10.2. The molecular formula is C20H16N6O3S. The van der Waals surface area contributed by atoms with Crippen molar-refractivity contribution >= 4 is 38.4 Å². The molecule has 0 bridgehead atoms. The second-order valence-electron chi connectivity index (χ2n) is 6.52. The van der Waals surface area contributed by atoms with Gasteiger partial charge in [-0.05, 0) is 49.2 Å². The quantitative estimate of drug-likeness (QED) is 0.416. The number of rotatable bonds is 4. The summed E-state index contributed by atoms with van der Waals surface area (Å²) < 4.78 is 0.916. The van der Waals surface area contributed by atoms with Gasteiger partial charge in [-0.15, -0.1) is 15.3 Å². The monoisotopic (exact) mass is 420 g/mol. The van der Waals surface area contributed by atoms with Crippen molar-refractivity contribution in [1.29, 1.82) is 0 Å². The summed E-state index contributed by atoms with van der Waals surface area (Å²) in [5, 5.41) is 36.6. The van der Waals surface area contributed by atoms with Gasteiger partial charge in [-0.25, -0.2) is 4.40 Å². The van der Waals surface area contributed by atoms with Crippen LogP contribution in [-0.2, 0) is 0 Å². The first-order valence-corrected chi connectivity index (χ1v) is 9.68. The van der Waals surface area contributed by atoms with Gasteiger partial charge in [0.05, 0.1) is 11.4 Å². The van der Waals surface area contributed by atoms with Gasteiger partial charge in [0.25, 0.3) is 5.56 Å². The highest BCUT2D eigenvalue weighted by atomic mass is 32.1. The van der Waals surface area contributed by atoms with Crippen molar-refractivity contribution in [2.45, 2.75) is 13.8 Å². The minimum Gasteiger partial charge on any atom is -0.492 e. The summed E-state index contributed by atoms with van der Waals surface area (Å²) in [5.74, 6) is -1.02. The smallest absolute Gasteiger partial charge is 0.293 e. The molecule has 0 fully saturated rings. The number of fused-ring (bicyclic) bond motifs is 1. The molecule has 30 heavy (non-hydrogen) atoms. The predicted molar refractivity (Wildman–Crippen MR) is 113 cm³/mol. The Morgan fingerprint density at radius 1 is 0.900 bits per heavy atom. The minimum absolute atomic E-state index is 0.0581.